The Kier molecular flexibility index (Phi) is 4.43. The molecule has 31 heavy (non-hydrogen) atoms. The molecule has 0 spiro atoms. The van der Waals surface area contributed by atoms with Gasteiger partial charge in [-0.1, -0.05) is 35.9 Å². The lowest BCUT2D eigenvalue weighted by atomic mass is 9.85. The number of hydrogen-bond acceptors (Lipinski definition) is 5. The van der Waals surface area contributed by atoms with E-state index in [1.54, 1.807) is 36.4 Å². The Balaban J connectivity index is 1.52. The van der Waals surface area contributed by atoms with Gasteiger partial charge in [0, 0.05) is 16.5 Å². The highest BCUT2D eigenvalue weighted by Gasteiger charge is 2.47. The zero-order chi connectivity index (χ0) is 21.7. The van der Waals surface area contributed by atoms with Crippen molar-refractivity contribution in [2.45, 2.75) is 19.8 Å². The first kappa shape index (κ1) is 19.2. The SMILES string of the molecule is Cc1ccc2nc(-c3ccc(N4C(=O)[C@@H]5CC=CC[C@H]5C4=O)cc3)cc(C(=O)[O-])c2c1. The van der Waals surface area contributed by atoms with Gasteiger partial charge in [-0.3, -0.25) is 14.5 Å². The summed E-state index contributed by atoms with van der Waals surface area (Å²) in [7, 11) is 0. The van der Waals surface area contributed by atoms with Crippen LogP contribution in [0.3, 0.4) is 0 Å². The number of carboxylic acid groups (broad SMARTS) is 1. The number of imide groups is 1. The van der Waals surface area contributed by atoms with Crippen molar-refractivity contribution >= 4 is 34.4 Å². The fraction of sp³-hybridized carbons (Fsp3) is 0.200. The number of benzene rings is 2. The number of aromatic carboxylic acids is 1. The Labute approximate surface area is 178 Å². The van der Waals surface area contributed by atoms with Crippen LogP contribution in [-0.2, 0) is 9.59 Å². The quantitative estimate of drug-likeness (QED) is 0.488. The van der Waals surface area contributed by atoms with E-state index in [4.69, 9.17) is 0 Å². The van der Waals surface area contributed by atoms with Crippen LogP contribution in [0.15, 0.2) is 60.7 Å². The molecule has 1 aliphatic carbocycles. The summed E-state index contributed by atoms with van der Waals surface area (Å²) in [6, 6.07) is 13.8. The number of carbonyl (C=O) groups excluding carboxylic acids is 3. The van der Waals surface area contributed by atoms with Crippen molar-refractivity contribution in [3.05, 3.63) is 71.8 Å². The summed E-state index contributed by atoms with van der Waals surface area (Å²) in [6.07, 6.45) is 5.11. The summed E-state index contributed by atoms with van der Waals surface area (Å²) in [4.78, 5) is 43.2. The number of carbonyl (C=O) groups is 3. The van der Waals surface area contributed by atoms with Crippen LogP contribution < -0.4 is 10.0 Å². The highest BCUT2D eigenvalue weighted by atomic mass is 16.4. The minimum Gasteiger partial charge on any atom is -0.545 e. The maximum Gasteiger partial charge on any atom is 0.238 e. The minimum absolute atomic E-state index is 0.0780. The van der Waals surface area contributed by atoms with E-state index in [0.717, 1.165) is 5.56 Å². The van der Waals surface area contributed by atoms with Crippen molar-refractivity contribution in [1.82, 2.24) is 4.98 Å². The van der Waals surface area contributed by atoms with Crippen molar-refractivity contribution in [1.29, 1.82) is 0 Å². The molecule has 154 valence electrons. The maximum atomic E-state index is 12.8. The smallest absolute Gasteiger partial charge is 0.238 e. The number of allylic oxidation sites excluding steroid dienone is 2. The number of fused-ring (bicyclic) bond motifs is 2. The van der Waals surface area contributed by atoms with Gasteiger partial charge in [0.15, 0.2) is 0 Å². The summed E-state index contributed by atoms with van der Waals surface area (Å²) in [5, 5.41) is 12.2. The van der Waals surface area contributed by atoms with Crippen LogP contribution in [0.25, 0.3) is 22.2 Å². The van der Waals surface area contributed by atoms with Crippen LogP contribution in [0.4, 0.5) is 5.69 Å². The van der Waals surface area contributed by atoms with Gasteiger partial charge in [0.25, 0.3) is 0 Å². The van der Waals surface area contributed by atoms with Crippen LogP contribution in [0.2, 0.25) is 0 Å². The fourth-order valence-corrected chi connectivity index (χ4v) is 4.49. The zero-order valence-corrected chi connectivity index (χ0v) is 16.9. The monoisotopic (exact) mass is 411 g/mol. The van der Waals surface area contributed by atoms with E-state index in [9.17, 15) is 19.5 Å². The number of hydrogen-bond donors (Lipinski definition) is 0. The summed E-state index contributed by atoms with van der Waals surface area (Å²) in [5.41, 5.74) is 3.27. The van der Waals surface area contributed by atoms with E-state index in [1.165, 1.54) is 11.0 Å². The van der Waals surface area contributed by atoms with Gasteiger partial charge in [-0.15, -0.1) is 0 Å². The van der Waals surface area contributed by atoms with Gasteiger partial charge in [0.05, 0.1) is 34.7 Å². The second-order valence-corrected chi connectivity index (χ2v) is 8.08. The molecule has 1 aliphatic heterocycles. The first-order valence-corrected chi connectivity index (χ1v) is 10.2. The van der Waals surface area contributed by atoms with E-state index in [-0.39, 0.29) is 29.2 Å². The van der Waals surface area contributed by atoms with E-state index in [2.05, 4.69) is 4.98 Å². The van der Waals surface area contributed by atoms with E-state index >= 15 is 0 Å². The molecule has 5 rings (SSSR count). The topological polar surface area (TPSA) is 90.4 Å². The molecule has 2 aliphatic rings. The Morgan fingerprint density at radius 2 is 1.61 bits per heavy atom. The average molecular weight is 411 g/mol. The van der Waals surface area contributed by atoms with Crippen molar-refractivity contribution in [3.8, 4) is 11.3 Å². The molecule has 0 unspecified atom stereocenters. The molecular formula is C25H19N2O4-. The van der Waals surface area contributed by atoms with Crippen LogP contribution in [0.5, 0.6) is 0 Å². The molecular weight excluding hydrogens is 392 g/mol. The lowest BCUT2D eigenvalue weighted by Gasteiger charge is -2.16. The van der Waals surface area contributed by atoms with Crippen molar-refractivity contribution in [2.75, 3.05) is 4.90 Å². The molecule has 2 amide bonds. The van der Waals surface area contributed by atoms with E-state index in [0.29, 0.717) is 40.7 Å². The first-order chi connectivity index (χ1) is 14.9. The molecule has 3 aromatic rings. The highest BCUT2D eigenvalue weighted by Crippen LogP contribution is 2.38. The number of carboxylic acids is 1. The third-order valence-corrected chi connectivity index (χ3v) is 6.11. The Morgan fingerprint density at radius 3 is 2.23 bits per heavy atom. The largest absolute Gasteiger partial charge is 0.545 e. The molecule has 0 bridgehead atoms. The lowest BCUT2D eigenvalue weighted by Crippen LogP contribution is -2.30. The lowest BCUT2D eigenvalue weighted by molar-refractivity contribution is -0.254. The third kappa shape index (κ3) is 3.11. The molecule has 6 nitrogen and oxygen atoms in total. The normalized spacial score (nSPS) is 20.4. The average Bonchev–Trinajstić information content (AvgIpc) is 3.03. The molecule has 0 saturated carbocycles. The molecule has 0 radical (unpaired) electrons. The maximum absolute atomic E-state index is 12.8. The number of rotatable bonds is 3. The van der Waals surface area contributed by atoms with E-state index < -0.39 is 5.97 Å². The Morgan fingerprint density at radius 1 is 0.968 bits per heavy atom. The van der Waals surface area contributed by atoms with Crippen molar-refractivity contribution in [3.63, 3.8) is 0 Å². The number of nitrogens with zero attached hydrogens (tertiary/aromatic N) is 2. The first-order valence-electron chi connectivity index (χ1n) is 10.2. The summed E-state index contributed by atoms with van der Waals surface area (Å²) in [5.74, 6) is -2.15. The molecule has 1 aromatic heterocycles. The standard InChI is InChI=1S/C25H20N2O4/c1-14-6-11-21-19(12-14)20(25(30)31)13-22(26-21)15-7-9-16(10-8-15)27-23(28)17-4-2-3-5-18(17)24(27)29/h2-3,6-13,17-18H,4-5H2,1H3,(H,30,31)/p-1/t17-,18-/m1/s1. The second kappa shape index (κ2) is 7.16. The highest BCUT2D eigenvalue weighted by molar-refractivity contribution is 6.22. The summed E-state index contributed by atoms with van der Waals surface area (Å²) >= 11 is 0. The predicted octanol–water partition coefficient (Wildman–Crippen LogP) is 3.03. The molecule has 2 aromatic carbocycles. The Bertz CT molecular complexity index is 1250. The third-order valence-electron chi connectivity index (χ3n) is 6.11. The Hall–Kier alpha value is -3.80. The molecule has 6 heteroatoms. The van der Waals surface area contributed by atoms with Gasteiger partial charge in [-0.25, -0.2) is 4.98 Å². The van der Waals surface area contributed by atoms with Gasteiger partial charge in [0.2, 0.25) is 11.8 Å². The van der Waals surface area contributed by atoms with Crippen LogP contribution in [-0.4, -0.2) is 22.8 Å². The summed E-state index contributed by atoms with van der Waals surface area (Å²) < 4.78 is 0. The van der Waals surface area contributed by atoms with Crippen LogP contribution in [0, 0.1) is 18.8 Å². The molecule has 1 saturated heterocycles. The molecule has 2 heterocycles. The van der Waals surface area contributed by atoms with Gasteiger partial charge in [0.1, 0.15) is 0 Å². The van der Waals surface area contributed by atoms with Crippen molar-refractivity contribution < 1.29 is 19.5 Å². The van der Waals surface area contributed by atoms with Crippen LogP contribution >= 0.6 is 0 Å². The van der Waals surface area contributed by atoms with Gasteiger partial charge < -0.3 is 9.90 Å². The van der Waals surface area contributed by atoms with E-state index in [1.807, 2.05) is 25.1 Å². The number of anilines is 1. The summed E-state index contributed by atoms with van der Waals surface area (Å²) in [6.45, 7) is 1.89. The number of amides is 2. The number of aryl methyl sites for hydroxylation is 1. The van der Waals surface area contributed by atoms with Gasteiger partial charge in [-0.2, -0.15) is 0 Å². The molecule has 0 N–H and O–H groups in total. The minimum atomic E-state index is -1.26. The second-order valence-electron chi connectivity index (χ2n) is 8.08. The van der Waals surface area contributed by atoms with Crippen LogP contribution in [0.1, 0.15) is 28.8 Å². The zero-order valence-electron chi connectivity index (χ0n) is 16.9. The van der Waals surface area contributed by atoms with Crippen molar-refractivity contribution in [2.24, 2.45) is 11.8 Å². The fourth-order valence-electron chi connectivity index (χ4n) is 4.49. The molecule has 2 atom stereocenters. The number of pyridine rings is 1. The van der Waals surface area contributed by atoms with Gasteiger partial charge >= 0.3 is 0 Å². The molecule has 1 fully saturated rings. The number of aromatic nitrogens is 1. The van der Waals surface area contributed by atoms with Gasteiger partial charge in [-0.05, 0) is 50.1 Å². The predicted molar refractivity (Wildman–Crippen MR) is 114 cm³/mol.